The number of hydrogen-bond acceptors (Lipinski definition) is 0. The summed E-state index contributed by atoms with van der Waals surface area (Å²) in [6, 6.07) is 18.1. The Hall–Kier alpha value is -2.08. The van der Waals surface area contributed by atoms with E-state index < -0.39 is 0 Å². The van der Waals surface area contributed by atoms with Gasteiger partial charge in [-0.25, -0.2) is 0 Å². The zero-order valence-electron chi connectivity index (χ0n) is 8.70. The van der Waals surface area contributed by atoms with Crippen molar-refractivity contribution in [2.45, 2.75) is 0 Å². The maximum absolute atomic E-state index is 3.35. The minimum absolute atomic E-state index is 1.25. The van der Waals surface area contributed by atoms with Crippen molar-refractivity contribution in [3.63, 3.8) is 0 Å². The van der Waals surface area contributed by atoms with Crippen molar-refractivity contribution in [1.82, 2.24) is 0 Å². The first-order chi connectivity index (χ1) is 7.93. The first-order valence-corrected chi connectivity index (χ1v) is 5.48. The molecule has 0 saturated carbocycles. The molecule has 0 heteroatoms. The molecular formula is C16H9. The highest BCUT2D eigenvalue weighted by Gasteiger charge is 2.20. The average Bonchev–Trinajstić information content (AvgIpc) is 2.83. The highest BCUT2D eigenvalue weighted by Crippen LogP contribution is 2.34. The Kier molecular flexibility index (Phi) is 1.39. The third-order valence-electron chi connectivity index (χ3n) is 3.28. The summed E-state index contributed by atoms with van der Waals surface area (Å²) in [5.41, 5.74) is 5.22. The maximum atomic E-state index is 3.35. The van der Waals surface area contributed by atoms with Crippen LogP contribution in [-0.4, -0.2) is 0 Å². The molecule has 4 rings (SSSR count). The van der Waals surface area contributed by atoms with E-state index in [1.165, 1.54) is 32.7 Å². The van der Waals surface area contributed by atoms with Gasteiger partial charge in [0.05, 0.1) is 0 Å². The van der Waals surface area contributed by atoms with Crippen molar-refractivity contribution in [2.75, 3.05) is 0 Å². The summed E-state index contributed by atoms with van der Waals surface area (Å²) in [6.07, 6.45) is 4.51. The summed E-state index contributed by atoms with van der Waals surface area (Å²) in [4.78, 5) is 0. The molecule has 0 aliphatic heterocycles. The van der Waals surface area contributed by atoms with Gasteiger partial charge in [0, 0.05) is 0 Å². The van der Waals surface area contributed by atoms with Gasteiger partial charge in [-0.3, -0.25) is 0 Å². The van der Waals surface area contributed by atoms with E-state index in [2.05, 4.69) is 48.6 Å². The fraction of sp³-hybridized carbons (Fsp3) is 0. The van der Waals surface area contributed by atoms with Gasteiger partial charge in [0.2, 0.25) is 0 Å². The molecule has 0 nitrogen and oxygen atoms in total. The molecular weight excluding hydrogens is 192 g/mol. The molecule has 0 fully saturated rings. The first kappa shape index (κ1) is 8.12. The van der Waals surface area contributed by atoms with Gasteiger partial charge in [-0.15, -0.1) is 0 Å². The molecule has 0 N–H and O–H groups in total. The molecule has 2 aliphatic carbocycles. The Labute approximate surface area is 93.9 Å². The van der Waals surface area contributed by atoms with Crippen LogP contribution in [0.1, 0.15) is 11.1 Å². The van der Waals surface area contributed by atoms with E-state index in [1.807, 2.05) is 12.1 Å². The van der Waals surface area contributed by atoms with Gasteiger partial charge in [-0.2, -0.15) is 0 Å². The second kappa shape index (κ2) is 2.73. The van der Waals surface area contributed by atoms with Gasteiger partial charge in [0.15, 0.2) is 0 Å². The minimum Gasteiger partial charge on any atom is -0.0616 e. The van der Waals surface area contributed by atoms with Crippen LogP contribution in [0.4, 0.5) is 0 Å². The zero-order chi connectivity index (χ0) is 10.5. The second-order valence-corrected chi connectivity index (χ2v) is 4.21. The number of hydrogen-bond donors (Lipinski definition) is 0. The summed E-state index contributed by atoms with van der Waals surface area (Å²) in [6.45, 7) is 0. The van der Waals surface area contributed by atoms with E-state index in [4.69, 9.17) is 0 Å². The molecule has 73 valence electrons. The Bertz CT molecular complexity index is 746. The van der Waals surface area contributed by atoms with Crippen molar-refractivity contribution in [1.29, 1.82) is 0 Å². The van der Waals surface area contributed by atoms with Crippen LogP contribution < -0.4 is 10.4 Å². The van der Waals surface area contributed by atoms with E-state index in [9.17, 15) is 0 Å². The molecule has 0 unspecified atom stereocenters. The lowest BCUT2D eigenvalue weighted by molar-refractivity contribution is 1.50. The third-order valence-corrected chi connectivity index (χ3v) is 3.28. The van der Waals surface area contributed by atoms with Gasteiger partial charge < -0.3 is 0 Å². The highest BCUT2D eigenvalue weighted by atomic mass is 14.2. The molecule has 0 spiro atoms. The van der Waals surface area contributed by atoms with Crippen LogP contribution in [-0.2, 0) is 0 Å². The van der Waals surface area contributed by atoms with Crippen LogP contribution in [0.15, 0.2) is 48.0 Å². The molecule has 0 amide bonds. The lowest BCUT2D eigenvalue weighted by Crippen LogP contribution is -2.22. The maximum Gasteiger partial charge on any atom is -0.00201 e. The monoisotopic (exact) mass is 201 g/mol. The Morgan fingerprint density at radius 3 is 2.81 bits per heavy atom. The molecule has 2 aliphatic rings. The normalized spacial score (nSPS) is 15.0. The molecule has 0 aromatic heterocycles. The summed E-state index contributed by atoms with van der Waals surface area (Å²) in [7, 11) is 0. The molecule has 16 heavy (non-hydrogen) atoms. The molecule has 0 bridgehead atoms. The van der Waals surface area contributed by atoms with Crippen LogP contribution in [0, 0.1) is 6.07 Å². The van der Waals surface area contributed by atoms with Gasteiger partial charge in [0.25, 0.3) is 0 Å². The average molecular weight is 201 g/mol. The summed E-state index contributed by atoms with van der Waals surface area (Å²) in [5.74, 6) is 0. The number of allylic oxidation sites excluding steroid dienone is 1. The van der Waals surface area contributed by atoms with Crippen LogP contribution in [0.25, 0.3) is 17.7 Å². The van der Waals surface area contributed by atoms with Crippen LogP contribution in [0.2, 0.25) is 0 Å². The van der Waals surface area contributed by atoms with E-state index in [0.29, 0.717) is 0 Å². The van der Waals surface area contributed by atoms with Crippen LogP contribution >= 0.6 is 0 Å². The molecule has 2 aromatic rings. The molecule has 0 heterocycles. The molecule has 2 aromatic carbocycles. The van der Waals surface area contributed by atoms with Gasteiger partial charge >= 0.3 is 0 Å². The topological polar surface area (TPSA) is 0 Å². The predicted molar refractivity (Wildman–Crippen MR) is 65.9 cm³/mol. The highest BCUT2D eigenvalue weighted by molar-refractivity contribution is 6.02. The fourth-order valence-electron chi connectivity index (χ4n) is 2.59. The van der Waals surface area contributed by atoms with Crippen molar-refractivity contribution in [3.8, 4) is 0 Å². The molecule has 0 saturated heterocycles. The van der Waals surface area contributed by atoms with Gasteiger partial charge in [-0.05, 0) is 50.9 Å². The lowest BCUT2D eigenvalue weighted by Gasteiger charge is -1.99. The van der Waals surface area contributed by atoms with Crippen molar-refractivity contribution in [2.24, 2.45) is 0 Å². The zero-order valence-corrected chi connectivity index (χ0v) is 8.70. The standard InChI is InChI=1S/C16H9/c1-3-7-14-11(5-1)9-13-10-12-6-2-4-8-15(12)16(13)14/h1-7,9-10H. The Morgan fingerprint density at radius 1 is 0.875 bits per heavy atom. The van der Waals surface area contributed by atoms with E-state index in [0.717, 1.165) is 0 Å². The van der Waals surface area contributed by atoms with Crippen molar-refractivity contribution in [3.05, 3.63) is 75.7 Å². The Morgan fingerprint density at radius 2 is 1.81 bits per heavy atom. The van der Waals surface area contributed by atoms with E-state index in [-0.39, 0.29) is 0 Å². The van der Waals surface area contributed by atoms with Crippen molar-refractivity contribution < 1.29 is 0 Å². The largest absolute Gasteiger partial charge is 0.0616 e. The number of rotatable bonds is 0. The van der Waals surface area contributed by atoms with Crippen LogP contribution in [0.3, 0.4) is 0 Å². The SMILES string of the molecule is [c]1cccc2c1C1=c3ccccc3=CC1=C2. The smallest absolute Gasteiger partial charge is 0.00201 e. The van der Waals surface area contributed by atoms with E-state index >= 15 is 0 Å². The lowest BCUT2D eigenvalue weighted by atomic mass is 10.0. The third kappa shape index (κ3) is 0.892. The number of fused-ring (bicyclic) bond motifs is 4. The molecule has 1 radical (unpaired) electrons. The summed E-state index contributed by atoms with van der Waals surface area (Å²) >= 11 is 0. The van der Waals surface area contributed by atoms with Gasteiger partial charge in [-0.1, -0.05) is 42.5 Å². The fourth-order valence-corrected chi connectivity index (χ4v) is 2.59. The van der Waals surface area contributed by atoms with Crippen molar-refractivity contribution >= 4 is 17.7 Å². The minimum atomic E-state index is 1.25. The first-order valence-electron chi connectivity index (χ1n) is 5.48. The summed E-state index contributed by atoms with van der Waals surface area (Å²) in [5, 5.41) is 2.67. The Balaban J connectivity index is 2.22. The van der Waals surface area contributed by atoms with Gasteiger partial charge in [0.1, 0.15) is 0 Å². The van der Waals surface area contributed by atoms with Crippen LogP contribution in [0.5, 0.6) is 0 Å². The predicted octanol–water partition coefficient (Wildman–Crippen LogP) is 1.88. The second-order valence-electron chi connectivity index (χ2n) is 4.21. The number of benzene rings is 2. The summed E-state index contributed by atoms with van der Waals surface area (Å²) < 4.78 is 0. The quantitative estimate of drug-likeness (QED) is 0.610. The molecule has 0 atom stereocenters. The van der Waals surface area contributed by atoms with E-state index in [1.54, 1.807) is 0 Å².